The van der Waals surface area contributed by atoms with Crippen LogP contribution in [0, 0.1) is 0 Å². The molecule has 0 bridgehead atoms. The SMILES string of the molecule is CCC(C)(CO)NCCN(C)C. The molecule has 12 heavy (non-hydrogen) atoms. The molecule has 1 atom stereocenters. The Morgan fingerprint density at radius 3 is 2.33 bits per heavy atom. The first kappa shape index (κ1) is 11.9. The Balaban J connectivity index is 3.58. The van der Waals surface area contributed by atoms with Gasteiger partial charge in [-0.3, -0.25) is 0 Å². The molecule has 0 saturated carbocycles. The molecule has 0 aromatic heterocycles. The third-order valence-electron chi connectivity index (χ3n) is 2.24. The first-order valence-corrected chi connectivity index (χ1v) is 4.54. The van der Waals surface area contributed by atoms with Crippen molar-refractivity contribution < 1.29 is 5.11 Å². The Bertz CT molecular complexity index is 111. The van der Waals surface area contributed by atoms with Crippen molar-refractivity contribution in [2.24, 2.45) is 0 Å². The number of nitrogens with one attached hydrogen (secondary N) is 1. The fraction of sp³-hybridized carbons (Fsp3) is 1.00. The molecule has 0 amide bonds. The minimum atomic E-state index is -0.101. The van der Waals surface area contributed by atoms with Gasteiger partial charge in [-0.05, 0) is 27.4 Å². The molecule has 0 aromatic rings. The number of nitrogens with zero attached hydrogens (tertiary/aromatic N) is 1. The molecule has 2 N–H and O–H groups in total. The Morgan fingerprint density at radius 2 is 2.00 bits per heavy atom. The van der Waals surface area contributed by atoms with Crippen LogP contribution in [0.15, 0.2) is 0 Å². The van der Waals surface area contributed by atoms with E-state index < -0.39 is 0 Å². The van der Waals surface area contributed by atoms with Gasteiger partial charge in [0.25, 0.3) is 0 Å². The smallest absolute Gasteiger partial charge is 0.0610 e. The van der Waals surface area contributed by atoms with Crippen molar-refractivity contribution in [3.63, 3.8) is 0 Å². The van der Waals surface area contributed by atoms with E-state index >= 15 is 0 Å². The Labute approximate surface area is 75.8 Å². The molecule has 0 heterocycles. The van der Waals surface area contributed by atoms with Crippen molar-refractivity contribution in [2.45, 2.75) is 25.8 Å². The number of rotatable bonds is 6. The summed E-state index contributed by atoms with van der Waals surface area (Å²) in [6.07, 6.45) is 0.955. The van der Waals surface area contributed by atoms with Gasteiger partial charge in [-0.25, -0.2) is 0 Å². The molecule has 1 unspecified atom stereocenters. The van der Waals surface area contributed by atoms with Crippen LogP contribution in [-0.2, 0) is 0 Å². The number of hydrogen-bond acceptors (Lipinski definition) is 3. The largest absolute Gasteiger partial charge is 0.394 e. The van der Waals surface area contributed by atoms with Crippen molar-refractivity contribution in [1.29, 1.82) is 0 Å². The Hall–Kier alpha value is -0.120. The summed E-state index contributed by atoms with van der Waals surface area (Å²) in [5.74, 6) is 0. The molecular formula is C9H22N2O. The number of aliphatic hydroxyl groups excluding tert-OH is 1. The quantitative estimate of drug-likeness (QED) is 0.608. The maximum atomic E-state index is 9.07. The highest BCUT2D eigenvalue weighted by Crippen LogP contribution is 2.06. The van der Waals surface area contributed by atoms with Gasteiger partial charge in [0.05, 0.1) is 6.61 Å². The third-order valence-corrected chi connectivity index (χ3v) is 2.24. The summed E-state index contributed by atoms with van der Waals surface area (Å²) in [6, 6.07) is 0. The highest BCUT2D eigenvalue weighted by atomic mass is 16.3. The molecule has 0 radical (unpaired) electrons. The van der Waals surface area contributed by atoms with Gasteiger partial charge in [-0.2, -0.15) is 0 Å². The molecule has 0 fully saturated rings. The van der Waals surface area contributed by atoms with Crippen LogP contribution in [0.2, 0.25) is 0 Å². The first-order chi connectivity index (χ1) is 5.54. The second-order valence-electron chi connectivity index (χ2n) is 3.80. The van der Waals surface area contributed by atoms with Crippen LogP contribution < -0.4 is 5.32 Å². The zero-order valence-corrected chi connectivity index (χ0v) is 8.72. The maximum absolute atomic E-state index is 9.07. The third kappa shape index (κ3) is 4.70. The topological polar surface area (TPSA) is 35.5 Å². The minimum Gasteiger partial charge on any atom is -0.394 e. The fourth-order valence-electron chi connectivity index (χ4n) is 0.874. The molecule has 0 saturated heterocycles. The van der Waals surface area contributed by atoms with Crippen molar-refractivity contribution in [3.05, 3.63) is 0 Å². The van der Waals surface area contributed by atoms with Gasteiger partial charge >= 0.3 is 0 Å². The van der Waals surface area contributed by atoms with Crippen molar-refractivity contribution >= 4 is 0 Å². The molecule has 0 rings (SSSR count). The molecule has 3 heteroatoms. The highest BCUT2D eigenvalue weighted by molar-refractivity contribution is 4.80. The number of hydrogen-bond donors (Lipinski definition) is 2. The standard InChI is InChI=1S/C9H22N2O/c1-5-9(2,8-12)10-6-7-11(3)4/h10,12H,5-8H2,1-4H3. The average molecular weight is 174 g/mol. The summed E-state index contributed by atoms with van der Waals surface area (Å²) in [7, 11) is 4.09. The zero-order valence-electron chi connectivity index (χ0n) is 8.72. The van der Waals surface area contributed by atoms with Crippen LogP contribution in [0.1, 0.15) is 20.3 Å². The van der Waals surface area contributed by atoms with E-state index in [1.54, 1.807) is 0 Å². The molecule has 74 valence electrons. The van der Waals surface area contributed by atoms with Gasteiger partial charge in [0, 0.05) is 18.6 Å². The summed E-state index contributed by atoms with van der Waals surface area (Å²) in [4.78, 5) is 2.13. The second kappa shape index (κ2) is 5.51. The minimum absolute atomic E-state index is 0.101. The summed E-state index contributed by atoms with van der Waals surface area (Å²) in [5, 5.41) is 12.4. The van der Waals surface area contributed by atoms with Crippen LogP contribution in [-0.4, -0.2) is 49.3 Å². The zero-order chi connectivity index (χ0) is 9.61. The predicted octanol–water partition coefficient (Wildman–Crippen LogP) is 0.299. The monoisotopic (exact) mass is 174 g/mol. The van der Waals surface area contributed by atoms with Gasteiger partial charge in [-0.1, -0.05) is 6.92 Å². The van der Waals surface area contributed by atoms with Gasteiger partial charge in [-0.15, -0.1) is 0 Å². The van der Waals surface area contributed by atoms with Crippen LogP contribution in [0.25, 0.3) is 0 Å². The molecule has 3 nitrogen and oxygen atoms in total. The van der Waals surface area contributed by atoms with Gasteiger partial charge in [0.2, 0.25) is 0 Å². The Kier molecular flexibility index (Phi) is 5.46. The van der Waals surface area contributed by atoms with Crippen molar-refractivity contribution in [2.75, 3.05) is 33.8 Å². The van der Waals surface area contributed by atoms with E-state index in [2.05, 4.69) is 17.1 Å². The van der Waals surface area contributed by atoms with E-state index in [4.69, 9.17) is 5.11 Å². The van der Waals surface area contributed by atoms with Crippen LogP contribution in [0.5, 0.6) is 0 Å². The molecular weight excluding hydrogens is 152 g/mol. The lowest BCUT2D eigenvalue weighted by Gasteiger charge is -2.28. The first-order valence-electron chi connectivity index (χ1n) is 4.54. The lowest BCUT2D eigenvalue weighted by molar-refractivity contribution is 0.167. The van der Waals surface area contributed by atoms with Crippen LogP contribution in [0.4, 0.5) is 0 Å². The lowest BCUT2D eigenvalue weighted by Crippen LogP contribution is -2.47. The molecule has 0 aliphatic rings. The van der Waals surface area contributed by atoms with E-state index in [9.17, 15) is 0 Å². The summed E-state index contributed by atoms with van der Waals surface area (Å²) < 4.78 is 0. The Morgan fingerprint density at radius 1 is 1.42 bits per heavy atom. The molecule has 0 spiro atoms. The van der Waals surface area contributed by atoms with Crippen LogP contribution >= 0.6 is 0 Å². The van der Waals surface area contributed by atoms with Crippen LogP contribution in [0.3, 0.4) is 0 Å². The van der Waals surface area contributed by atoms with E-state index in [0.29, 0.717) is 0 Å². The van der Waals surface area contributed by atoms with Gasteiger partial charge < -0.3 is 15.3 Å². The molecule has 0 aromatic carbocycles. The van der Waals surface area contributed by atoms with E-state index in [1.165, 1.54) is 0 Å². The van der Waals surface area contributed by atoms with Crippen molar-refractivity contribution in [1.82, 2.24) is 10.2 Å². The fourth-order valence-corrected chi connectivity index (χ4v) is 0.874. The van der Waals surface area contributed by atoms with E-state index in [1.807, 2.05) is 21.0 Å². The lowest BCUT2D eigenvalue weighted by atomic mass is 10.0. The summed E-state index contributed by atoms with van der Waals surface area (Å²) in [5.41, 5.74) is -0.101. The summed E-state index contributed by atoms with van der Waals surface area (Å²) >= 11 is 0. The number of likely N-dealkylation sites (N-methyl/N-ethyl adjacent to an activating group) is 1. The summed E-state index contributed by atoms with van der Waals surface area (Å²) in [6.45, 7) is 6.27. The van der Waals surface area contributed by atoms with E-state index in [-0.39, 0.29) is 12.1 Å². The van der Waals surface area contributed by atoms with Gasteiger partial charge in [0.1, 0.15) is 0 Å². The molecule has 0 aliphatic carbocycles. The molecule has 0 aliphatic heterocycles. The average Bonchev–Trinajstić information content (AvgIpc) is 2.03. The van der Waals surface area contributed by atoms with Gasteiger partial charge in [0.15, 0.2) is 0 Å². The normalized spacial score (nSPS) is 16.5. The maximum Gasteiger partial charge on any atom is 0.0610 e. The second-order valence-corrected chi connectivity index (χ2v) is 3.80. The number of aliphatic hydroxyl groups is 1. The van der Waals surface area contributed by atoms with Crippen molar-refractivity contribution in [3.8, 4) is 0 Å². The van der Waals surface area contributed by atoms with E-state index in [0.717, 1.165) is 19.5 Å². The predicted molar refractivity (Wildman–Crippen MR) is 52.3 cm³/mol. The highest BCUT2D eigenvalue weighted by Gasteiger charge is 2.18.